The lowest BCUT2D eigenvalue weighted by molar-refractivity contribution is -0.497. The monoisotopic (exact) mass is 294 g/mol. The van der Waals surface area contributed by atoms with E-state index in [1.165, 1.54) is 0 Å². The summed E-state index contributed by atoms with van der Waals surface area (Å²) in [5.74, 6) is -33.2. The van der Waals surface area contributed by atoms with Crippen LogP contribution in [0.5, 0.6) is 0 Å². The fourth-order valence-corrected chi connectivity index (χ4v) is 1.40. The molecular weight excluding hydrogens is 290 g/mol. The van der Waals surface area contributed by atoms with E-state index in [0.29, 0.717) is 0 Å². The molecule has 11 heteroatoms. The molecule has 0 bridgehead atoms. The van der Waals surface area contributed by atoms with Crippen LogP contribution < -0.4 is 0 Å². The maximum atomic E-state index is 13.0. The minimum Gasteiger partial charge on any atom is -0.352 e. The van der Waals surface area contributed by atoms with Gasteiger partial charge in [0.15, 0.2) is 0 Å². The second-order valence-corrected chi connectivity index (χ2v) is 3.92. The molecule has 1 rings (SSSR count). The number of halogens is 10. The average molecular weight is 294 g/mol. The van der Waals surface area contributed by atoms with Gasteiger partial charge in [-0.3, -0.25) is 0 Å². The lowest BCUT2D eigenvalue weighted by Gasteiger charge is -2.52. The molecule has 1 aliphatic rings. The summed E-state index contributed by atoms with van der Waals surface area (Å²) in [5.41, 5.74) is -5.77. The molecule has 1 saturated carbocycles. The lowest BCUT2D eigenvalue weighted by atomic mass is 9.72. The molecule has 1 fully saturated rings. The first-order chi connectivity index (χ1) is 7.50. The second-order valence-electron chi connectivity index (χ2n) is 3.92. The van der Waals surface area contributed by atoms with Crippen molar-refractivity contribution in [2.75, 3.05) is 0 Å². The van der Waals surface area contributed by atoms with Crippen molar-refractivity contribution in [2.24, 2.45) is 0 Å². The zero-order valence-electron chi connectivity index (χ0n) is 8.23. The Labute approximate surface area is 92.4 Å². The molecule has 0 atom stereocenters. The molecule has 0 aromatic rings. The van der Waals surface area contributed by atoms with E-state index in [4.69, 9.17) is 5.11 Å². The Hall–Kier alpha value is -0.740. The third-order valence-electron chi connectivity index (χ3n) is 2.80. The first-order valence-corrected chi connectivity index (χ1v) is 4.11. The number of alkyl halides is 10. The van der Waals surface area contributed by atoms with Gasteiger partial charge in [0.1, 0.15) is 0 Å². The van der Waals surface area contributed by atoms with Gasteiger partial charge in [-0.2, -0.15) is 39.5 Å². The Morgan fingerprint density at radius 3 is 1.00 bits per heavy atom. The molecule has 108 valence electrons. The van der Waals surface area contributed by atoms with Crippen molar-refractivity contribution in [1.82, 2.24) is 0 Å². The van der Waals surface area contributed by atoms with Gasteiger partial charge in [0, 0.05) is 0 Å². The van der Waals surface area contributed by atoms with Crippen molar-refractivity contribution in [3.8, 4) is 0 Å². The molecule has 1 N–H and O–H groups in total. The Morgan fingerprint density at radius 1 is 0.556 bits per heavy atom. The van der Waals surface area contributed by atoms with Crippen molar-refractivity contribution in [1.29, 1.82) is 0 Å². The fraction of sp³-hybridized carbons (Fsp3) is 1.00. The molecule has 18 heavy (non-hydrogen) atoms. The van der Waals surface area contributed by atoms with Gasteiger partial charge in [0.2, 0.25) is 5.67 Å². The van der Waals surface area contributed by atoms with E-state index in [1.54, 1.807) is 0 Å². The van der Waals surface area contributed by atoms with E-state index >= 15 is 0 Å². The van der Waals surface area contributed by atoms with E-state index < -0.39 is 42.1 Å². The Bertz CT molecular complexity index is 253. The maximum absolute atomic E-state index is 13.0. The quantitative estimate of drug-likeness (QED) is 0.681. The van der Waals surface area contributed by atoms with E-state index in [-0.39, 0.29) is 0 Å². The van der Waals surface area contributed by atoms with Crippen LogP contribution in [0, 0.1) is 0 Å². The maximum Gasteiger partial charge on any atom is 0.377 e. The molecule has 0 radical (unpaired) electrons. The largest absolute Gasteiger partial charge is 0.377 e. The number of rotatable bonds is 0. The van der Waals surface area contributed by atoms with Crippen molar-refractivity contribution in [3.63, 3.8) is 0 Å². The minimum absolute atomic E-state index is 0.927. The molecule has 1 aliphatic carbocycles. The summed E-state index contributed by atoms with van der Waals surface area (Å²) in [7, 11) is 0. The van der Waals surface area contributed by atoms with E-state index in [1.807, 2.05) is 0 Å². The van der Waals surface area contributed by atoms with Gasteiger partial charge in [-0.25, -0.2) is 4.39 Å². The average Bonchev–Trinajstić information content (AvgIpc) is 2.14. The third kappa shape index (κ3) is 1.09. The van der Waals surface area contributed by atoms with Crippen LogP contribution in [0.3, 0.4) is 0 Å². The summed E-state index contributed by atoms with van der Waals surface area (Å²) < 4.78 is 127. The number of hydrogen-bond donors (Lipinski definition) is 1. The van der Waals surface area contributed by atoms with Gasteiger partial charge in [-0.15, -0.1) is 0 Å². The van der Waals surface area contributed by atoms with Crippen LogP contribution in [0.2, 0.25) is 0 Å². The standard InChI is InChI=1S/C7H4F10O/c1-2(8)3(9,10)5(13,14)7(17,18)6(15,16)4(2,11)12/h18H,1H3. The molecule has 0 heterocycles. The summed E-state index contributed by atoms with van der Waals surface area (Å²) in [4.78, 5) is 0. The zero-order valence-corrected chi connectivity index (χ0v) is 8.23. The van der Waals surface area contributed by atoms with Gasteiger partial charge >= 0.3 is 29.5 Å². The fourth-order valence-electron chi connectivity index (χ4n) is 1.40. The summed E-state index contributed by atoms with van der Waals surface area (Å²) in [5, 5.41) is 8.04. The first kappa shape index (κ1) is 15.3. The molecular formula is C7H4F10O. The Morgan fingerprint density at radius 2 is 0.778 bits per heavy atom. The van der Waals surface area contributed by atoms with E-state index in [2.05, 4.69) is 0 Å². The Balaban J connectivity index is 3.72. The molecule has 0 aliphatic heterocycles. The van der Waals surface area contributed by atoms with Gasteiger partial charge in [-0.05, 0) is 6.92 Å². The predicted octanol–water partition coefficient (Wildman–Crippen LogP) is 2.93. The summed E-state index contributed by atoms with van der Waals surface area (Å²) in [6, 6.07) is 0. The number of hydrogen-bond acceptors (Lipinski definition) is 1. The normalized spacial score (nSPS) is 44.7. The first-order valence-electron chi connectivity index (χ1n) is 4.11. The van der Waals surface area contributed by atoms with Crippen LogP contribution >= 0.6 is 0 Å². The molecule has 0 aromatic heterocycles. The molecule has 0 amide bonds. The molecule has 0 spiro atoms. The highest BCUT2D eigenvalue weighted by molar-refractivity contribution is 5.24. The summed E-state index contributed by atoms with van der Waals surface area (Å²) >= 11 is 0. The van der Waals surface area contributed by atoms with Crippen molar-refractivity contribution < 1.29 is 49.0 Å². The highest BCUT2D eigenvalue weighted by Gasteiger charge is 2.98. The second kappa shape index (κ2) is 3.05. The van der Waals surface area contributed by atoms with E-state index in [0.717, 1.165) is 0 Å². The SMILES string of the molecule is CC1(F)C(F)(F)C(F)(F)C(O)(F)C(F)(F)C1(F)F. The van der Waals surface area contributed by atoms with Crippen LogP contribution in [-0.4, -0.2) is 40.3 Å². The summed E-state index contributed by atoms with van der Waals surface area (Å²) in [6.07, 6.45) is 0. The van der Waals surface area contributed by atoms with Gasteiger partial charge in [0.25, 0.3) is 0 Å². The minimum atomic E-state index is -6.76. The highest BCUT2D eigenvalue weighted by atomic mass is 19.4. The summed E-state index contributed by atoms with van der Waals surface area (Å²) in [6.45, 7) is -0.927. The highest BCUT2D eigenvalue weighted by Crippen LogP contribution is 2.67. The number of aliphatic hydroxyl groups is 1. The van der Waals surface area contributed by atoms with Crippen LogP contribution in [0.15, 0.2) is 0 Å². The van der Waals surface area contributed by atoms with Crippen LogP contribution in [-0.2, 0) is 0 Å². The smallest absolute Gasteiger partial charge is 0.352 e. The molecule has 0 aromatic carbocycles. The van der Waals surface area contributed by atoms with E-state index in [9.17, 15) is 43.9 Å². The van der Waals surface area contributed by atoms with Crippen molar-refractivity contribution >= 4 is 0 Å². The van der Waals surface area contributed by atoms with Crippen LogP contribution in [0.1, 0.15) is 6.92 Å². The van der Waals surface area contributed by atoms with Gasteiger partial charge in [-0.1, -0.05) is 0 Å². The Kier molecular flexibility index (Phi) is 2.59. The molecule has 0 saturated heterocycles. The third-order valence-corrected chi connectivity index (χ3v) is 2.80. The lowest BCUT2D eigenvalue weighted by Crippen LogP contribution is -2.84. The van der Waals surface area contributed by atoms with Crippen molar-refractivity contribution in [2.45, 2.75) is 42.1 Å². The zero-order chi connectivity index (χ0) is 15.0. The topological polar surface area (TPSA) is 20.2 Å². The van der Waals surface area contributed by atoms with Gasteiger partial charge < -0.3 is 5.11 Å². The molecule has 1 nitrogen and oxygen atoms in total. The van der Waals surface area contributed by atoms with Gasteiger partial charge in [0.05, 0.1) is 0 Å². The predicted molar refractivity (Wildman–Crippen MR) is 35.4 cm³/mol. The van der Waals surface area contributed by atoms with Crippen LogP contribution in [0.25, 0.3) is 0 Å². The van der Waals surface area contributed by atoms with Crippen molar-refractivity contribution in [3.05, 3.63) is 0 Å². The van der Waals surface area contributed by atoms with Crippen LogP contribution in [0.4, 0.5) is 43.9 Å². The molecule has 0 unspecified atom stereocenters.